The Balaban J connectivity index is 3.46. The Bertz CT molecular complexity index is 371. The predicted molar refractivity (Wildman–Crippen MR) is 48.0 cm³/mol. The Hall–Kier alpha value is -1.71. The van der Waals surface area contributed by atoms with Crippen molar-refractivity contribution in [3.8, 4) is 0 Å². The number of carbonyl (C=O) groups is 1. The second kappa shape index (κ2) is 3.35. The van der Waals surface area contributed by atoms with Crippen molar-refractivity contribution in [2.45, 2.75) is 13.8 Å². The maximum atomic E-state index is 10.6. The third kappa shape index (κ3) is 1.72. The summed E-state index contributed by atoms with van der Waals surface area (Å²) in [4.78, 5) is 20.6. The van der Waals surface area contributed by atoms with Crippen molar-refractivity contribution >= 4 is 12.0 Å². The van der Waals surface area contributed by atoms with Crippen LogP contribution in [0.1, 0.15) is 21.5 Å². The first-order valence-electron chi connectivity index (χ1n) is 3.77. The number of nitrogens with zero attached hydrogens (tertiary/aromatic N) is 1. The first kappa shape index (κ1) is 9.38. The average molecular weight is 179 g/mol. The van der Waals surface area contributed by atoms with Gasteiger partial charge in [-0.15, -0.1) is 0 Å². The number of rotatable bonds is 2. The topological polar surface area (TPSA) is 60.2 Å². The van der Waals surface area contributed by atoms with Gasteiger partial charge in [-0.25, -0.2) is 0 Å². The van der Waals surface area contributed by atoms with E-state index in [1.165, 1.54) is 6.07 Å². The third-order valence-electron chi connectivity index (χ3n) is 1.82. The average Bonchev–Trinajstić information content (AvgIpc) is 2.02. The number of aryl methyl sites for hydroxylation is 2. The Morgan fingerprint density at radius 1 is 1.38 bits per heavy atom. The molecule has 0 radical (unpaired) electrons. The molecule has 68 valence electrons. The van der Waals surface area contributed by atoms with E-state index in [0.29, 0.717) is 11.8 Å². The number of aldehydes is 1. The number of hydrogen-bond acceptors (Lipinski definition) is 3. The van der Waals surface area contributed by atoms with Gasteiger partial charge in [-0.2, -0.15) is 0 Å². The van der Waals surface area contributed by atoms with E-state index < -0.39 is 4.92 Å². The SMILES string of the molecule is Cc1cc(C)c(C=O)c([N+](=O)[O-])c1. The zero-order valence-electron chi connectivity index (χ0n) is 7.40. The van der Waals surface area contributed by atoms with Gasteiger partial charge < -0.3 is 0 Å². The molecule has 4 heteroatoms. The van der Waals surface area contributed by atoms with Gasteiger partial charge in [0.1, 0.15) is 0 Å². The Kier molecular flexibility index (Phi) is 2.41. The Labute approximate surface area is 75.3 Å². The van der Waals surface area contributed by atoms with E-state index in [1.807, 2.05) is 0 Å². The van der Waals surface area contributed by atoms with E-state index in [9.17, 15) is 14.9 Å². The summed E-state index contributed by atoms with van der Waals surface area (Å²) < 4.78 is 0. The van der Waals surface area contributed by atoms with Gasteiger partial charge >= 0.3 is 0 Å². The fourth-order valence-corrected chi connectivity index (χ4v) is 1.26. The summed E-state index contributed by atoms with van der Waals surface area (Å²) in [6.07, 6.45) is 0.521. The van der Waals surface area contributed by atoms with Crippen molar-refractivity contribution in [2.75, 3.05) is 0 Å². The molecule has 0 saturated heterocycles. The second-order valence-corrected chi connectivity index (χ2v) is 2.89. The van der Waals surface area contributed by atoms with Crippen LogP contribution in [-0.2, 0) is 0 Å². The Morgan fingerprint density at radius 3 is 2.46 bits per heavy atom. The number of carbonyl (C=O) groups excluding carboxylic acids is 1. The van der Waals surface area contributed by atoms with Crippen molar-refractivity contribution < 1.29 is 9.72 Å². The van der Waals surface area contributed by atoms with Crippen molar-refractivity contribution in [2.24, 2.45) is 0 Å². The maximum absolute atomic E-state index is 10.6. The normalized spacial score (nSPS) is 9.69. The molecule has 0 heterocycles. The largest absolute Gasteiger partial charge is 0.298 e. The highest BCUT2D eigenvalue weighted by Crippen LogP contribution is 2.21. The number of nitro benzene ring substituents is 1. The Morgan fingerprint density at radius 2 is 2.00 bits per heavy atom. The first-order chi connectivity index (χ1) is 6.06. The molecule has 0 unspecified atom stereocenters. The first-order valence-corrected chi connectivity index (χ1v) is 3.77. The van der Waals surface area contributed by atoms with Gasteiger partial charge in [0.15, 0.2) is 6.29 Å². The van der Waals surface area contributed by atoms with Gasteiger partial charge in [-0.3, -0.25) is 14.9 Å². The van der Waals surface area contributed by atoms with E-state index in [-0.39, 0.29) is 11.3 Å². The third-order valence-corrected chi connectivity index (χ3v) is 1.82. The van der Waals surface area contributed by atoms with Gasteiger partial charge in [-0.05, 0) is 25.0 Å². The molecule has 1 aromatic carbocycles. The zero-order valence-corrected chi connectivity index (χ0v) is 7.40. The van der Waals surface area contributed by atoms with E-state index in [1.54, 1.807) is 19.9 Å². The smallest absolute Gasteiger partial charge is 0.280 e. The molecule has 1 rings (SSSR count). The number of nitro groups is 1. The molecule has 0 spiro atoms. The van der Waals surface area contributed by atoms with Crippen LogP contribution in [0.4, 0.5) is 5.69 Å². The van der Waals surface area contributed by atoms with Gasteiger partial charge in [-0.1, -0.05) is 6.07 Å². The molecule has 0 N–H and O–H groups in total. The van der Waals surface area contributed by atoms with E-state index in [4.69, 9.17) is 0 Å². The molecule has 4 nitrogen and oxygen atoms in total. The molecule has 0 bridgehead atoms. The molecular formula is C9H9NO3. The summed E-state index contributed by atoms with van der Waals surface area (Å²) in [6, 6.07) is 3.15. The molecule has 0 aliphatic rings. The van der Waals surface area contributed by atoms with Crippen LogP contribution in [0.5, 0.6) is 0 Å². The van der Waals surface area contributed by atoms with Crippen molar-refractivity contribution in [3.63, 3.8) is 0 Å². The fraction of sp³-hybridized carbons (Fsp3) is 0.222. The minimum absolute atomic E-state index is 0.118. The molecule has 0 amide bonds. The van der Waals surface area contributed by atoms with Crippen LogP contribution in [0.3, 0.4) is 0 Å². The summed E-state index contributed by atoms with van der Waals surface area (Å²) >= 11 is 0. The molecule has 0 atom stereocenters. The monoisotopic (exact) mass is 179 g/mol. The summed E-state index contributed by atoms with van der Waals surface area (Å²) in [5.74, 6) is 0. The lowest BCUT2D eigenvalue weighted by atomic mass is 10.0. The maximum Gasteiger partial charge on any atom is 0.280 e. The lowest BCUT2D eigenvalue weighted by molar-refractivity contribution is -0.385. The van der Waals surface area contributed by atoms with Gasteiger partial charge in [0.05, 0.1) is 10.5 Å². The highest BCUT2D eigenvalue weighted by molar-refractivity contribution is 5.83. The molecule has 1 aromatic rings. The van der Waals surface area contributed by atoms with Crippen molar-refractivity contribution in [1.82, 2.24) is 0 Å². The summed E-state index contributed by atoms with van der Waals surface area (Å²) in [5, 5.41) is 10.5. The molecule has 13 heavy (non-hydrogen) atoms. The highest BCUT2D eigenvalue weighted by Gasteiger charge is 2.15. The molecular weight excluding hydrogens is 170 g/mol. The van der Waals surface area contributed by atoms with Gasteiger partial charge in [0.25, 0.3) is 5.69 Å². The van der Waals surface area contributed by atoms with Crippen LogP contribution >= 0.6 is 0 Å². The number of hydrogen-bond donors (Lipinski definition) is 0. The fourth-order valence-electron chi connectivity index (χ4n) is 1.26. The van der Waals surface area contributed by atoms with Crippen molar-refractivity contribution in [1.29, 1.82) is 0 Å². The van der Waals surface area contributed by atoms with E-state index in [2.05, 4.69) is 0 Å². The molecule has 0 saturated carbocycles. The molecule has 0 aromatic heterocycles. The van der Waals surface area contributed by atoms with Crippen LogP contribution in [0.25, 0.3) is 0 Å². The standard InChI is InChI=1S/C9H9NO3/c1-6-3-7(2)8(5-11)9(4-6)10(12)13/h3-5H,1-2H3. The van der Waals surface area contributed by atoms with Crippen LogP contribution < -0.4 is 0 Å². The molecule has 0 aliphatic heterocycles. The molecule has 0 fully saturated rings. The number of benzene rings is 1. The van der Waals surface area contributed by atoms with Crippen LogP contribution in [-0.4, -0.2) is 11.2 Å². The minimum Gasteiger partial charge on any atom is -0.298 e. The second-order valence-electron chi connectivity index (χ2n) is 2.89. The quantitative estimate of drug-likeness (QED) is 0.396. The predicted octanol–water partition coefficient (Wildman–Crippen LogP) is 2.02. The minimum atomic E-state index is -0.538. The van der Waals surface area contributed by atoms with Gasteiger partial charge in [0, 0.05) is 6.07 Å². The lowest BCUT2D eigenvalue weighted by Crippen LogP contribution is -1.97. The van der Waals surface area contributed by atoms with Crippen LogP contribution in [0.15, 0.2) is 12.1 Å². The highest BCUT2D eigenvalue weighted by atomic mass is 16.6. The van der Waals surface area contributed by atoms with Gasteiger partial charge in [0.2, 0.25) is 0 Å². The summed E-state index contributed by atoms with van der Waals surface area (Å²) in [5.41, 5.74) is 1.47. The van der Waals surface area contributed by atoms with E-state index in [0.717, 1.165) is 5.56 Å². The van der Waals surface area contributed by atoms with Crippen molar-refractivity contribution in [3.05, 3.63) is 38.9 Å². The zero-order chi connectivity index (χ0) is 10.0. The van der Waals surface area contributed by atoms with Crippen LogP contribution in [0, 0.1) is 24.0 Å². The summed E-state index contributed by atoms with van der Waals surface area (Å²) in [7, 11) is 0. The summed E-state index contributed by atoms with van der Waals surface area (Å²) in [6.45, 7) is 3.44. The van der Waals surface area contributed by atoms with Crippen LogP contribution in [0.2, 0.25) is 0 Å². The van der Waals surface area contributed by atoms with E-state index >= 15 is 0 Å². The molecule has 0 aliphatic carbocycles. The lowest BCUT2D eigenvalue weighted by Gasteiger charge is -2.01.